The summed E-state index contributed by atoms with van der Waals surface area (Å²) in [6.45, 7) is 4.78. The quantitative estimate of drug-likeness (QED) is 0.805. The molecule has 1 fully saturated rings. The van der Waals surface area contributed by atoms with Gasteiger partial charge in [-0.15, -0.1) is 0 Å². The summed E-state index contributed by atoms with van der Waals surface area (Å²) in [5.41, 5.74) is 2.29. The molecule has 0 unspecified atom stereocenters. The fourth-order valence-corrected chi connectivity index (χ4v) is 3.33. The van der Waals surface area contributed by atoms with Crippen LogP contribution in [0.2, 0.25) is 0 Å². The molecule has 0 bridgehead atoms. The summed E-state index contributed by atoms with van der Waals surface area (Å²) < 4.78 is 0. The van der Waals surface area contributed by atoms with E-state index in [2.05, 4.69) is 43.0 Å². The van der Waals surface area contributed by atoms with Crippen molar-refractivity contribution >= 4 is 11.3 Å². The topological polar surface area (TPSA) is 12.0 Å². The molecule has 0 amide bonds. The molecule has 1 aromatic heterocycles. The van der Waals surface area contributed by atoms with Crippen LogP contribution in [0, 0.1) is 5.41 Å². The van der Waals surface area contributed by atoms with E-state index in [9.17, 15) is 0 Å². The zero-order chi connectivity index (χ0) is 10.9. The van der Waals surface area contributed by atoms with Crippen molar-refractivity contribution in [1.82, 2.24) is 5.32 Å². The highest BCUT2D eigenvalue weighted by molar-refractivity contribution is 7.08. The van der Waals surface area contributed by atoms with Crippen LogP contribution in [-0.2, 0) is 5.54 Å². The van der Waals surface area contributed by atoms with Gasteiger partial charge in [-0.3, -0.25) is 0 Å². The van der Waals surface area contributed by atoms with Crippen LogP contribution in [0.4, 0.5) is 0 Å². The second kappa shape index (κ2) is 3.91. The molecule has 1 aromatic rings. The Hall–Kier alpha value is -0.340. The lowest BCUT2D eigenvalue weighted by molar-refractivity contribution is 0.141. The summed E-state index contributed by atoms with van der Waals surface area (Å²) in [5.74, 6) is 0. The highest BCUT2D eigenvalue weighted by Crippen LogP contribution is 2.45. The van der Waals surface area contributed by atoms with Gasteiger partial charge in [0, 0.05) is 5.54 Å². The van der Waals surface area contributed by atoms with E-state index in [1.165, 1.54) is 31.2 Å². The predicted octanol–water partition coefficient (Wildman–Crippen LogP) is 3.76. The van der Waals surface area contributed by atoms with Crippen molar-refractivity contribution in [3.8, 4) is 0 Å². The Morgan fingerprint density at radius 1 is 1.20 bits per heavy atom. The van der Waals surface area contributed by atoms with Crippen LogP contribution in [0.25, 0.3) is 0 Å². The van der Waals surface area contributed by atoms with Crippen LogP contribution in [-0.4, -0.2) is 7.05 Å². The minimum Gasteiger partial charge on any atom is -0.310 e. The first-order chi connectivity index (χ1) is 7.08. The van der Waals surface area contributed by atoms with Gasteiger partial charge in [0.05, 0.1) is 0 Å². The first-order valence-corrected chi connectivity index (χ1v) is 6.74. The van der Waals surface area contributed by atoms with Crippen molar-refractivity contribution in [2.24, 2.45) is 5.41 Å². The smallest absolute Gasteiger partial charge is 0.0440 e. The Morgan fingerprint density at radius 3 is 2.33 bits per heavy atom. The lowest BCUT2D eigenvalue weighted by Crippen LogP contribution is -2.44. The zero-order valence-corrected chi connectivity index (χ0v) is 10.8. The molecule has 0 aliphatic heterocycles. The lowest BCUT2D eigenvalue weighted by atomic mass is 9.67. The van der Waals surface area contributed by atoms with E-state index in [0.717, 1.165) is 0 Å². The molecule has 1 saturated carbocycles. The van der Waals surface area contributed by atoms with E-state index in [1.807, 2.05) is 11.3 Å². The summed E-state index contributed by atoms with van der Waals surface area (Å²) in [7, 11) is 2.11. The van der Waals surface area contributed by atoms with E-state index in [1.54, 1.807) is 0 Å². The number of nitrogens with one attached hydrogen (secondary N) is 1. The minimum atomic E-state index is 0.259. The largest absolute Gasteiger partial charge is 0.310 e. The third-order valence-corrected chi connectivity index (χ3v) is 4.69. The summed E-state index contributed by atoms with van der Waals surface area (Å²) in [6.07, 6.45) is 5.19. The lowest BCUT2D eigenvalue weighted by Gasteiger charge is -2.43. The van der Waals surface area contributed by atoms with E-state index < -0.39 is 0 Å². The van der Waals surface area contributed by atoms with Crippen molar-refractivity contribution in [2.75, 3.05) is 7.05 Å². The first kappa shape index (κ1) is 11.2. The Labute approximate surface area is 96.9 Å². The highest BCUT2D eigenvalue weighted by Gasteiger charge is 2.38. The molecular weight excluding hydrogens is 202 g/mol. The van der Waals surface area contributed by atoms with Gasteiger partial charge < -0.3 is 5.32 Å². The first-order valence-electron chi connectivity index (χ1n) is 5.80. The fraction of sp³-hybridized carbons (Fsp3) is 0.692. The number of hydrogen-bond donors (Lipinski definition) is 1. The van der Waals surface area contributed by atoms with Crippen molar-refractivity contribution in [1.29, 1.82) is 0 Å². The molecule has 1 aliphatic rings. The summed E-state index contributed by atoms with van der Waals surface area (Å²) in [6, 6.07) is 2.28. The molecule has 2 rings (SSSR count). The molecular formula is C13H21NS. The minimum absolute atomic E-state index is 0.259. The van der Waals surface area contributed by atoms with E-state index >= 15 is 0 Å². The fourth-order valence-electron chi connectivity index (χ4n) is 2.57. The van der Waals surface area contributed by atoms with E-state index in [-0.39, 0.29) is 5.54 Å². The van der Waals surface area contributed by atoms with Crippen LogP contribution < -0.4 is 5.32 Å². The van der Waals surface area contributed by atoms with Crippen LogP contribution in [0.5, 0.6) is 0 Å². The van der Waals surface area contributed by atoms with Gasteiger partial charge in [-0.1, -0.05) is 13.8 Å². The van der Waals surface area contributed by atoms with Gasteiger partial charge in [-0.25, -0.2) is 0 Å². The van der Waals surface area contributed by atoms with Crippen molar-refractivity contribution < 1.29 is 0 Å². The maximum atomic E-state index is 3.56. The van der Waals surface area contributed by atoms with Gasteiger partial charge in [0.15, 0.2) is 0 Å². The third kappa shape index (κ3) is 2.11. The van der Waals surface area contributed by atoms with Crippen molar-refractivity contribution in [3.05, 3.63) is 22.4 Å². The van der Waals surface area contributed by atoms with E-state index in [4.69, 9.17) is 0 Å². The van der Waals surface area contributed by atoms with Crippen LogP contribution in [0.1, 0.15) is 45.1 Å². The van der Waals surface area contributed by atoms with Crippen LogP contribution in [0.3, 0.4) is 0 Å². The van der Waals surface area contributed by atoms with Gasteiger partial charge in [0.2, 0.25) is 0 Å². The van der Waals surface area contributed by atoms with E-state index in [0.29, 0.717) is 5.41 Å². The predicted molar refractivity (Wildman–Crippen MR) is 67.3 cm³/mol. The highest BCUT2D eigenvalue weighted by atomic mass is 32.1. The third-order valence-electron chi connectivity index (χ3n) is 4.01. The Morgan fingerprint density at radius 2 is 1.87 bits per heavy atom. The summed E-state index contributed by atoms with van der Waals surface area (Å²) in [4.78, 5) is 0. The molecule has 1 N–H and O–H groups in total. The Balaban J connectivity index is 2.19. The molecule has 1 aliphatic carbocycles. The molecule has 0 spiro atoms. The maximum absolute atomic E-state index is 3.56. The van der Waals surface area contributed by atoms with Gasteiger partial charge in [-0.2, -0.15) is 11.3 Å². The van der Waals surface area contributed by atoms with Gasteiger partial charge >= 0.3 is 0 Å². The van der Waals surface area contributed by atoms with Crippen molar-refractivity contribution in [3.63, 3.8) is 0 Å². The monoisotopic (exact) mass is 223 g/mol. The van der Waals surface area contributed by atoms with Crippen LogP contribution in [0.15, 0.2) is 16.8 Å². The average Bonchev–Trinajstić information content (AvgIpc) is 2.72. The standard InChI is InChI=1S/C13H21NS/c1-12(2)5-7-13(14-3,8-6-12)11-4-9-15-10-11/h4,9-10,14H,5-8H2,1-3H3. The molecule has 0 saturated heterocycles. The molecule has 0 aromatic carbocycles. The number of hydrogen-bond acceptors (Lipinski definition) is 2. The molecule has 2 heteroatoms. The SMILES string of the molecule is CNC1(c2ccsc2)CCC(C)(C)CC1. The van der Waals surface area contributed by atoms with Gasteiger partial charge in [-0.05, 0) is 60.5 Å². The second-order valence-electron chi connectivity index (χ2n) is 5.51. The summed E-state index contributed by atoms with van der Waals surface area (Å²) >= 11 is 1.81. The number of rotatable bonds is 2. The molecule has 84 valence electrons. The van der Waals surface area contributed by atoms with Crippen LogP contribution >= 0.6 is 11.3 Å². The molecule has 0 radical (unpaired) electrons. The van der Waals surface area contributed by atoms with Gasteiger partial charge in [0.25, 0.3) is 0 Å². The van der Waals surface area contributed by atoms with Gasteiger partial charge in [0.1, 0.15) is 0 Å². The molecule has 15 heavy (non-hydrogen) atoms. The Bertz CT molecular complexity index is 303. The average molecular weight is 223 g/mol. The summed E-state index contributed by atoms with van der Waals surface area (Å²) in [5, 5.41) is 8.05. The maximum Gasteiger partial charge on any atom is 0.0440 e. The number of thiophene rings is 1. The molecule has 1 heterocycles. The zero-order valence-electron chi connectivity index (χ0n) is 9.97. The molecule has 0 atom stereocenters. The Kier molecular flexibility index (Phi) is 2.91. The normalized spacial score (nSPS) is 23.9. The molecule has 1 nitrogen and oxygen atoms in total. The van der Waals surface area contributed by atoms with Crippen molar-refractivity contribution in [2.45, 2.75) is 45.1 Å². The second-order valence-corrected chi connectivity index (χ2v) is 6.29.